The van der Waals surface area contributed by atoms with Gasteiger partial charge in [0.2, 0.25) is 0 Å². The zero-order valence-corrected chi connectivity index (χ0v) is 12.7. The average molecular weight is 309 g/mol. The molecule has 0 heterocycles. The van der Waals surface area contributed by atoms with Crippen molar-refractivity contribution in [3.63, 3.8) is 0 Å². The van der Waals surface area contributed by atoms with Gasteiger partial charge in [-0.3, -0.25) is 4.79 Å². The molecular formula is C19H17O4-. The number of aliphatic carboxylic acids is 1. The Labute approximate surface area is 134 Å². The zero-order chi connectivity index (χ0) is 16.4. The number of hydrogen-bond acceptors (Lipinski definition) is 4. The molecule has 0 aliphatic heterocycles. The van der Waals surface area contributed by atoms with E-state index in [0.717, 1.165) is 11.1 Å². The lowest BCUT2D eigenvalue weighted by atomic mass is 9.52. The third-order valence-electron chi connectivity index (χ3n) is 4.66. The fourth-order valence-electron chi connectivity index (χ4n) is 3.65. The van der Waals surface area contributed by atoms with Gasteiger partial charge in [0, 0.05) is 23.7 Å². The number of carbonyl (C=O) groups excluding carboxylic acids is 2. The average Bonchev–Trinajstić information content (AvgIpc) is 2.55. The van der Waals surface area contributed by atoms with Crippen LogP contribution in [0, 0.1) is 11.8 Å². The van der Waals surface area contributed by atoms with E-state index >= 15 is 0 Å². The maximum Gasteiger partial charge on any atom is 0.309 e. The van der Waals surface area contributed by atoms with Crippen LogP contribution in [0.1, 0.15) is 23.0 Å². The Hall–Kier alpha value is -2.62. The van der Waals surface area contributed by atoms with Crippen LogP contribution in [0.4, 0.5) is 0 Å². The minimum absolute atomic E-state index is 0.384. The highest BCUT2D eigenvalue weighted by molar-refractivity contribution is 5.83. The molecule has 0 bridgehead atoms. The van der Waals surface area contributed by atoms with E-state index in [9.17, 15) is 14.7 Å². The summed E-state index contributed by atoms with van der Waals surface area (Å²) in [5, 5.41) is 11.7. The Morgan fingerprint density at radius 1 is 0.826 bits per heavy atom. The van der Waals surface area contributed by atoms with Gasteiger partial charge in [-0.25, -0.2) is 0 Å². The molecule has 0 spiro atoms. The molecule has 2 atom stereocenters. The summed E-state index contributed by atoms with van der Waals surface area (Å²) in [5.41, 5.74) is 1.65. The van der Waals surface area contributed by atoms with Gasteiger partial charge in [0.05, 0.1) is 13.0 Å². The number of methoxy groups -OCH3 is 1. The molecule has 2 aromatic carbocycles. The maximum atomic E-state index is 12.3. The standard InChI is InChI=1S/C19H18O4/c1-23-19(22)17-14(12-8-4-2-5-9-12)16(18(20)21)15(17)13-10-6-3-7-11-13/h2-11,14-17H,1H3,(H,20,21)/p-1/t14-,15-,16?,17?/m1/s1. The van der Waals surface area contributed by atoms with Crippen LogP contribution in [0.5, 0.6) is 0 Å². The lowest BCUT2D eigenvalue weighted by Gasteiger charge is -2.51. The minimum Gasteiger partial charge on any atom is -0.550 e. The molecule has 1 saturated carbocycles. The summed E-state index contributed by atoms with van der Waals surface area (Å²) in [5.74, 6) is -3.65. The fraction of sp³-hybridized carbons (Fsp3) is 0.263. The van der Waals surface area contributed by atoms with E-state index in [-0.39, 0.29) is 5.97 Å². The van der Waals surface area contributed by atoms with E-state index in [4.69, 9.17) is 4.74 Å². The van der Waals surface area contributed by atoms with Gasteiger partial charge in [-0.2, -0.15) is 0 Å². The van der Waals surface area contributed by atoms with Crippen LogP contribution in [-0.4, -0.2) is 19.0 Å². The second kappa shape index (κ2) is 6.24. The summed E-state index contributed by atoms with van der Waals surface area (Å²) < 4.78 is 4.93. The van der Waals surface area contributed by atoms with E-state index in [2.05, 4.69) is 0 Å². The van der Waals surface area contributed by atoms with Gasteiger partial charge >= 0.3 is 5.97 Å². The minimum atomic E-state index is -1.13. The predicted octanol–water partition coefficient (Wildman–Crippen LogP) is 1.72. The maximum absolute atomic E-state index is 12.3. The highest BCUT2D eigenvalue weighted by Gasteiger charge is 2.56. The first-order valence-corrected chi connectivity index (χ1v) is 7.53. The second-order valence-corrected chi connectivity index (χ2v) is 5.77. The molecule has 0 N–H and O–H groups in total. The molecule has 1 aliphatic carbocycles. The number of esters is 1. The monoisotopic (exact) mass is 309 g/mol. The van der Waals surface area contributed by atoms with E-state index < -0.39 is 29.6 Å². The van der Waals surface area contributed by atoms with Crippen LogP contribution in [-0.2, 0) is 14.3 Å². The smallest absolute Gasteiger partial charge is 0.309 e. The Bertz CT molecular complexity index is 648. The van der Waals surface area contributed by atoms with Crippen LogP contribution < -0.4 is 5.11 Å². The summed E-state index contributed by atoms with van der Waals surface area (Å²) >= 11 is 0. The van der Waals surface area contributed by atoms with E-state index in [1.54, 1.807) is 0 Å². The van der Waals surface area contributed by atoms with Gasteiger partial charge in [0.15, 0.2) is 0 Å². The van der Waals surface area contributed by atoms with Gasteiger partial charge in [-0.15, -0.1) is 0 Å². The molecule has 0 aromatic heterocycles. The van der Waals surface area contributed by atoms with Gasteiger partial charge in [-0.1, -0.05) is 60.7 Å². The van der Waals surface area contributed by atoms with Crippen molar-refractivity contribution in [3.8, 4) is 0 Å². The Balaban J connectivity index is 2.05. The van der Waals surface area contributed by atoms with Crippen molar-refractivity contribution in [1.29, 1.82) is 0 Å². The topological polar surface area (TPSA) is 66.4 Å². The van der Waals surface area contributed by atoms with Crippen molar-refractivity contribution in [2.45, 2.75) is 11.8 Å². The Morgan fingerprint density at radius 2 is 1.26 bits per heavy atom. The van der Waals surface area contributed by atoms with Gasteiger partial charge < -0.3 is 14.6 Å². The Morgan fingerprint density at radius 3 is 1.61 bits per heavy atom. The zero-order valence-electron chi connectivity index (χ0n) is 12.7. The largest absolute Gasteiger partial charge is 0.550 e. The molecule has 23 heavy (non-hydrogen) atoms. The molecular weight excluding hydrogens is 292 g/mol. The van der Waals surface area contributed by atoms with Gasteiger partial charge in [0.1, 0.15) is 0 Å². The van der Waals surface area contributed by atoms with Crippen molar-refractivity contribution >= 4 is 11.9 Å². The molecule has 1 aliphatic rings. The van der Waals surface area contributed by atoms with Crippen molar-refractivity contribution in [3.05, 3.63) is 71.8 Å². The predicted molar refractivity (Wildman–Crippen MR) is 82.4 cm³/mol. The third-order valence-corrected chi connectivity index (χ3v) is 4.66. The number of benzene rings is 2. The number of hydrogen-bond donors (Lipinski definition) is 0. The highest BCUT2D eigenvalue weighted by atomic mass is 16.5. The SMILES string of the molecule is COC(=O)C1[C@H](c2ccccc2)C(C(=O)[O-])[C@H]1c1ccccc1. The Kier molecular flexibility index (Phi) is 4.15. The van der Waals surface area contributed by atoms with E-state index in [1.807, 2.05) is 60.7 Å². The summed E-state index contributed by atoms with van der Waals surface area (Å²) in [6.45, 7) is 0. The van der Waals surface area contributed by atoms with Crippen molar-refractivity contribution in [2.75, 3.05) is 7.11 Å². The quantitative estimate of drug-likeness (QED) is 0.807. The van der Waals surface area contributed by atoms with Gasteiger partial charge in [0.25, 0.3) is 0 Å². The van der Waals surface area contributed by atoms with Crippen LogP contribution in [0.2, 0.25) is 0 Å². The van der Waals surface area contributed by atoms with Crippen molar-refractivity contribution in [2.24, 2.45) is 11.8 Å². The van der Waals surface area contributed by atoms with Gasteiger partial charge in [-0.05, 0) is 11.1 Å². The first-order chi connectivity index (χ1) is 11.1. The lowest BCUT2D eigenvalue weighted by Crippen LogP contribution is -2.55. The molecule has 1 fully saturated rings. The molecule has 3 rings (SSSR count). The summed E-state index contributed by atoms with van der Waals surface area (Å²) in [6, 6.07) is 18.5. The number of ether oxygens (including phenoxy) is 1. The first kappa shape index (κ1) is 15.3. The first-order valence-electron chi connectivity index (χ1n) is 7.53. The summed E-state index contributed by atoms with van der Waals surface area (Å²) in [7, 11) is 1.33. The van der Waals surface area contributed by atoms with Crippen LogP contribution in [0.15, 0.2) is 60.7 Å². The molecule has 4 nitrogen and oxygen atoms in total. The lowest BCUT2D eigenvalue weighted by molar-refractivity contribution is -0.317. The summed E-state index contributed by atoms with van der Waals surface area (Å²) in [4.78, 5) is 24.0. The van der Waals surface area contributed by atoms with Crippen LogP contribution >= 0.6 is 0 Å². The number of rotatable bonds is 4. The fourth-order valence-corrected chi connectivity index (χ4v) is 3.65. The summed E-state index contributed by atoms with van der Waals surface area (Å²) in [6.07, 6.45) is 0. The molecule has 4 heteroatoms. The molecule has 0 unspecified atom stereocenters. The van der Waals surface area contributed by atoms with Crippen LogP contribution in [0.25, 0.3) is 0 Å². The number of carboxylic acid groups (broad SMARTS) is 1. The highest BCUT2D eigenvalue weighted by Crippen LogP contribution is 2.57. The third kappa shape index (κ3) is 2.61. The molecule has 0 saturated heterocycles. The molecule has 118 valence electrons. The van der Waals surface area contributed by atoms with E-state index in [1.165, 1.54) is 7.11 Å². The van der Waals surface area contributed by atoms with Crippen LogP contribution in [0.3, 0.4) is 0 Å². The molecule has 0 radical (unpaired) electrons. The van der Waals surface area contributed by atoms with E-state index in [0.29, 0.717) is 0 Å². The van der Waals surface area contributed by atoms with Crippen molar-refractivity contribution in [1.82, 2.24) is 0 Å². The van der Waals surface area contributed by atoms with Crippen molar-refractivity contribution < 1.29 is 19.4 Å². The number of carbonyl (C=O) groups is 2. The normalized spacial score (nSPS) is 26.1. The number of carboxylic acids is 1. The second-order valence-electron chi connectivity index (χ2n) is 5.77. The molecule has 2 aromatic rings. The molecule has 0 amide bonds.